The first-order valence-corrected chi connectivity index (χ1v) is 8.74. The van der Waals surface area contributed by atoms with Crippen LogP contribution in [0.5, 0.6) is 5.75 Å². The Bertz CT molecular complexity index is 743. The van der Waals surface area contributed by atoms with Gasteiger partial charge in [0.1, 0.15) is 5.75 Å². The number of amides is 1. The van der Waals surface area contributed by atoms with Crippen LogP contribution in [0.2, 0.25) is 5.02 Å². The second-order valence-corrected chi connectivity index (χ2v) is 6.89. The highest BCUT2D eigenvalue weighted by Gasteiger charge is 2.42. The molecule has 4 nitrogen and oxygen atoms in total. The van der Waals surface area contributed by atoms with Crippen molar-refractivity contribution in [2.75, 3.05) is 19.1 Å². The molecule has 0 aromatic heterocycles. The average Bonchev–Trinajstić information content (AvgIpc) is 3.46. The Kier molecular flexibility index (Phi) is 5.30. The minimum Gasteiger partial charge on any atom is -0.497 e. The maximum absolute atomic E-state index is 13.1. The van der Waals surface area contributed by atoms with E-state index >= 15 is 0 Å². The van der Waals surface area contributed by atoms with Crippen molar-refractivity contribution in [1.82, 2.24) is 0 Å². The molecule has 1 aliphatic rings. The van der Waals surface area contributed by atoms with E-state index in [1.54, 1.807) is 43.3 Å². The topological polar surface area (TPSA) is 49.8 Å². The van der Waals surface area contributed by atoms with E-state index in [1.807, 2.05) is 24.3 Å². The van der Waals surface area contributed by atoms with E-state index in [-0.39, 0.29) is 11.8 Å². The van der Waals surface area contributed by atoms with E-state index in [0.717, 1.165) is 18.5 Å². The number of benzene rings is 2. The molecule has 0 unspecified atom stereocenters. The summed E-state index contributed by atoms with van der Waals surface area (Å²) in [6.45, 7) is 0. The highest BCUT2D eigenvalue weighted by molar-refractivity contribution is 6.30. The smallest absolute Gasteiger partial charge is 0.233 e. The third-order valence-corrected chi connectivity index (χ3v) is 4.99. The van der Waals surface area contributed by atoms with Crippen LogP contribution < -0.4 is 9.64 Å². The van der Waals surface area contributed by atoms with Gasteiger partial charge < -0.3 is 14.7 Å². The van der Waals surface area contributed by atoms with Crippen molar-refractivity contribution in [3.8, 4) is 5.75 Å². The number of hydrogen-bond acceptors (Lipinski definition) is 3. The third kappa shape index (κ3) is 3.97. The summed E-state index contributed by atoms with van der Waals surface area (Å²) in [7, 11) is 3.33. The van der Waals surface area contributed by atoms with E-state index in [9.17, 15) is 9.90 Å². The van der Waals surface area contributed by atoms with Gasteiger partial charge in [-0.15, -0.1) is 0 Å². The largest absolute Gasteiger partial charge is 0.497 e. The molecule has 2 atom stereocenters. The van der Waals surface area contributed by atoms with Crippen molar-refractivity contribution < 1.29 is 14.6 Å². The molecule has 1 aliphatic carbocycles. The Morgan fingerprint density at radius 3 is 2.52 bits per heavy atom. The molecule has 3 rings (SSSR count). The van der Waals surface area contributed by atoms with Gasteiger partial charge in [0.2, 0.25) is 5.91 Å². The quantitative estimate of drug-likeness (QED) is 0.845. The van der Waals surface area contributed by atoms with Crippen molar-refractivity contribution in [1.29, 1.82) is 0 Å². The van der Waals surface area contributed by atoms with Crippen LogP contribution in [0.4, 0.5) is 5.69 Å². The van der Waals surface area contributed by atoms with Gasteiger partial charge in [0, 0.05) is 23.8 Å². The summed E-state index contributed by atoms with van der Waals surface area (Å²) in [5, 5.41) is 11.4. The predicted octanol–water partition coefficient (Wildman–Crippen LogP) is 4.07. The lowest BCUT2D eigenvalue weighted by Gasteiger charge is -2.28. The number of methoxy groups -OCH3 is 1. The molecule has 2 aromatic rings. The van der Waals surface area contributed by atoms with Gasteiger partial charge in [0.15, 0.2) is 0 Å². The summed E-state index contributed by atoms with van der Waals surface area (Å²) in [5.74, 6) is 0.361. The molecule has 0 radical (unpaired) electrons. The molecule has 2 aromatic carbocycles. The maximum Gasteiger partial charge on any atom is 0.233 e. The van der Waals surface area contributed by atoms with Crippen LogP contribution in [0.15, 0.2) is 48.5 Å². The molecule has 1 fully saturated rings. The lowest BCUT2D eigenvalue weighted by Crippen LogP contribution is -2.37. The zero-order chi connectivity index (χ0) is 18.0. The van der Waals surface area contributed by atoms with Gasteiger partial charge in [0.25, 0.3) is 0 Å². The number of anilines is 1. The molecule has 5 heteroatoms. The second kappa shape index (κ2) is 7.46. The molecular formula is C20H22ClNO3. The van der Waals surface area contributed by atoms with E-state index in [4.69, 9.17) is 16.3 Å². The van der Waals surface area contributed by atoms with Crippen molar-refractivity contribution >= 4 is 23.2 Å². The molecular weight excluding hydrogens is 338 g/mol. The van der Waals surface area contributed by atoms with Crippen LogP contribution in [0.1, 0.15) is 24.5 Å². The normalized spacial score (nSPS) is 16.2. The first-order valence-electron chi connectivity index (χ1n) is 8.36. The minimum atomic E-state index is -0.842. The van der Waals surface area contributed by atoms with Crippen molar-refractivity contribution in [3.63, 3.8) is 0 Å². The predicted molar refractivity (Wildman–Crippen MR) is 99.0 cm³/mol. The number of carbonyl (C=O) groups is 1. The summed E-state index contributed by atoms with van der Waals surface area (Å²) in [6, 6.07) is 14.4. The molecule has 1 saturated carbocycles. The number of ether oxygens (including phenoxy) is 1. The zero-order valence-corrected chi connectivity index (χ0v) is 15.1. The van der Waals surface area contributed by atoms with Crippen LogP contribution in [0.3, 0.4) is 0 Å². The summed E-state index contributed by atoms with van der Waals surface area (Å²) in [4.78, 5) is 14.7. The monoisotopic (exact) mass is 359 g/mol. The fourth-order valence-electron chi connectivity index (χ4n) is 3.09. The van der Waals surface area contributed by atoms with Gasteiger partial charge in [-0.25, -0.2) is 0 Å². The molecule has 0 bridgehead atoms. The highest BCUT2D eigenvalue weighted by atomic mass is 35.5. The fourth-order valence-corrected chi connectivity index (χ4v) is 3.21. The maximum atomic E-state index is 13.1. The lowest BCUT2D eigenvalue weighted by molar-refractivity contribution is -0.126. The van der Waals surface area contributed by atoms with Crippen LogP contribution in [-0.4, -0.2) is 25.2 Å². The van der Waals surface area contributed by atoms with E-state index in [2.05, 4.69) is 0 Å². The highest BCUT2D eigenvalue weighted by Crippen LogP contribution is 2.44. The number of rotatable bonds is 6. The van der Waals surface area contributed by atoms with Crippen molar-refractivity contribution in [2.24, 2.45) is 11.8 Å². The van der Waals surface area contributed by atoms with Gasteiger partial charge >= 0.3 is 0 Å². The Labute approximate surface area is 153 Å². The summed E-state index contributed by atoms with van der Waals surface area (Å²) >= 11 is 5.92. The number of hydrogen-bond donors (Lipinski definition) is 1. The molecule has 25 heavy (non-hydrogen) atoms. The summed E-state index contributed by atoms with van der Waals surface area (Å²) < 4.78 is 5.23. The van der Waals surface area contributed by atoms with Gasteiger partial charge in [-0.2, -0.15) is 0 Å². The van der Waals surface area contributed by atoms with Crippen molar-refractivity contribution in [3.05, 3.63) is 59.1 Å². The van der Waals surface area contributed by atoms with Crippen LogP contribution in [0, 0.1) is 11.8 Å². The zero-order valence-electron chi connectivity index (χ0n) is 14.4. The summed E-state index contributed by atoms with van der Waals surface area (Å²) in [6.07, 6.45) is 1.09. The molecule has 0 heterocycles. The average molecular weight is 360 g/mol. The third-order valence-electron chi connectivity index (χ3n) is 4.74. The number of halogens is 1. The van der Waals surface area contributed by atoms with Gasteiger partial charge in [-0.3, -0.25) is 4.79 Å². The van der Waals surface area contributed by atoms with Gasteiger partial charge in [-0.05, 0) is 48.6 Å². The van der Waals surface area contributed by atoms with Gasteiger partial charge in [0.05, 0.1) is 19.1 Å². The Morgan fingerprint density at radius 2 is 1.92 bits per heavy atom. The first kappa shape index (κ1) is 17.8. The Hall–Kier alpha value is -2.04. The SMILES string of the molecule is COc1cccc(N(C)C(=O)[C@@H](C2CC2)[C@@H](O)c2ccc(Cl)cc2)c1. The van der Waals surface area contributed by atoms with E-state index < -0.39 is 12.0 Å². The number of nitrogens with zero attached hydrogens (tertiary/aromatic N) is 1. The molecule has 1 N–H and O–H groups in total. The standard InChI is InChI=1S/C20H22ClNO3/c1-22(16-4-3-5-17(12-16)25-2)20(24)18(13-6-7-13)19(23)14-8-10-15(21)11-9-14/h3-5,8-13,18-19,23H,6-7H2,1-2H3/t18-,19-/m0/s1. The molecule has 0 aliphatic heterocycles. The molecule has 132 valence electrons. The Balaban J connectivity index is 1.84. The van der Waals surface area contributed by atoms with Gasteiger partial charge in [-0.1, -0.05) is 29.8 Å². The lowest BCUT2D eigenvalue weighted by atomic mass is 9.90. The molecule has 0 saturated heterocycles. The molecule has 1 amide bonds. The van der Waals surface area contributed by atoms with Crippen LogP contribution in [-0.2, 0) is 4.79 Å². The fraction of sp³-hybridized carbons (Fsp3) is 0.350. The second-order valence-electron chi connectivity index (χ2n) is 6.46. The first-order chi connectivity index (χ1) is 12.0. The number of aliphatic hydroxyl groups is 1. The number of aliphatic hydroxyl groups excluding tert-OH is 1. The van der Waals surface area contributed by atoms with E-state index in [0.29, 0.717) is 16.3 Å². The molecule has 0 spiro atoms. The van der Waals surface area contributed by atoms with Crippen LogP contribution >= 0.6 is 11.6 Å². The van der Waals surface area contributed by atoms with Crippen LogP contribution in [0.25, 0.3) is 0 Å². The van der Waals surface area contributed by atoms with E-state index in [1.165, 1.54) is 0 Å². The minimum absolute atomic E-state index is 0.0850. The number of carbonyl (C=O) groups excluding carboxylic acids is 1. The Morgan fingerprint density at radius 1 is 1.24 bits per heavy atom. The van der Waals surface area contributed by atoms with Crippen molar-refractivity contribution in [2.45, 2.75) is 18.9 Å². The summed E-state index contributed by atoms with van der Waals surface area (Å²) in [5.41, 5.74) is 1.46.